The number of rotatable bonds is 37. The van der Waals surface area contributed by atoms with Crippen molar-refractivity contribution >= 4 is 5.91 Å². The van der Waals surface area contributed by atoms with Gasteiger partial charge >= 0.3 is 0 Å². The third-order valence-corrected chi connectivity index (χ3v) is 13.4. The molecule has 0 aromatic rings. The third-order valence-electron chi connectivity index (χ3n) is 13.4. The minimum atomic E-state index is -1.98. The Balaban J connectivity index is 1.53. The quantitative estimate of drug-likeness (QED) is 0.0315. The summed E-state index contributed by atoms with van der Waals surface area (Å²) in [4.78, 5) is 13.2. The number of nitrogens with one attached hydrogen (secondary N) is 1. The van der Waals surface area contributed by atoms with Gasteiger partial charge in [-0.05, 0) is 51.4 Å². The Morgan fingerprint density at radius 2 is 0.958 bits per heavy atom. The van der Waals surface area contributed by atoms with Gasteiger partial charge in [0.05, 0.1) is 38.6 Å². The fourth-order valence-electron chi connectivity index (χ4n) is 8.91. The maximum absolute atomic E-state index is 13.2. The van der Waals surface area contributed by atoms with Crippen LogP contribution in [0.2, 0.25) is 0 Å². The molecule has 3 aliphatic rings. The van der Waals surface area contributed by atoms with E-state index in [0.717, 1.165) is 89.9 Å². The van der Waals surface area contributed by atoms with Crippen LogP contribution in [-0.4, -0.2) is 193 Å². The molecule has 0 bridgehead atoms. The maximum Gasteiger partial charge on any atom is 0.220 e. The van der Waals surface area contributed by atoms with Crippen molar-refractivity contribution in [3.05, 3.63) is 48.6 Å². The van der Waals surface area contributed by atoms with Crippen molar-refractivity contribution in [2.75, 3.05) is 26.4 Å². The first-order valence-corrected chi connectivity index (χ1v) is 26.9. The summed E-state index contributed by atoms with van der Waals surface area (Å²) in [6, 6.07) is -0.976. The first-order chi connectivity index (χ1) is 34.8. The summed E-state index contributed by atoms with van der Waals surface area (Å²) < 4.78 is 34.1. The molecule has 0 spiro atoms. The zero-order valence-corrected chi connectivity index (χ0v) is 42.9. The smallest absolute Gasteiger partial charge is 0.220 e. The minimum Gasteiger partial charge on any atom is -0.394 e. The SMILES string of the molecule is CC/C=C\C/C=C\C/C=C\CCCCCCCCCC(=O)NC(COC1OC(CO)C(OC2OC(CO)C(OC3OC(CO)C(O)C(O)C3O)C(O)C2O)C(O)C1O)C(O)/C=C/CCCCCCCCCC. The maximum atomic E-state index is 13.2. The first kappa shape index (κ1) is 64.0. The fourth-order valence-corrected chi connectivity index (χ4v) is 8.91. The predicted molar refractivity (Wildman–Crippen MR) is 268 cm³/mol. The number of amides is 1. The number of aliphatic hydroxyl groups is 11. The van der Waals surface area contributed by atoms with Gasteiger partial charge in [0.15, 0.2) is 18.9 Å². The summed E-state index contributed by atoms with van der Waals surface area (Å²) in [6.45, 7) is 1.54. The Bertz CT molecular complexity index is 1520. The molecule has 17 atom stereocenters. The molecule has 1 amide bonds. The molecule has 0 radical (unpaired) electrons. The molecule has 0 aliphatic carbocycles. The molecule has 17 unspecified atom stereocenters. The van der Waals surface area contributed by atoms with Gasteiger partial charge in [0.1, 0.15) is 73.2 Å². The monoisotopic (exact) mass is 1030 g/mol. The largest absolute Gasteiger partial charge is 0.394 e. The molecule has 3 heterocycles. The van der Waals surface area contributed by atoms with Crippen LogP contribution >= 0.6 is 0 Å². The molecule has 72 heavy (non-hydrogen) atoms. The molecule has 12 N–H and O–H groups in total. The molecule has 0 aromatic carbocycles. The van der Waals surface area contributed by atoms with E-state index in [1.165, 1.54) is 32.1 Å². The van der Waals surface area contributed by atoms with Gasteiger partial charge in [-0.2, -0.15) is 0 Å². The zero-order valence-electron chi connectivity index (χ0n) is 42.9. The van der Waals surface area contributed by atoms with Gasteiger partial charge < -0.3 is 89.9 Å². The fraction of sp³-hybridized carbons (Fsp3) is 0.830. The number of unbranched alkanes of at least 4 members (excludes halogenated alkanes) is 15. The van der Waals surface area contributed by atoms with Gasteiger partial charge in [-0.25, -0.2) is 0 Å². The third kappa shape index (κ3) is 22.5. The molecule has 3 fully saturated rings. The van der Waals surface area contributed by atoms with E-state index in [0.29, 0.717) is 6.42 Å². The van der Waals surface area contributed by atoms with Crippen LogP contribution in [0.15, 0.2) is 48.6 Å². The van der Waals surface area contributed by atoms with Crippen LogP contribution in [0.4, 0.5) is 0 Å². The second-order valence-electron chi connectivity index (χ2n) is 19.3. The lowest BCUT2D eigenvalue weighted by atomic mass is 9.96. The van der Waals surface area contributed by atoms with E-state index in [2.05, 4.69) is 55.6 Å². The standard InChI is InChI=1S/C53H93NO18/c1-3-5-7-9-11-13-15-16-17-18-19-20-21-23-25-27-29-31-41(59)54-36(37(58)30-28-26-24-22-14-12-10-8-6-4-2)35-67-51-47(65)44(62)49(39(33-56)69-51)72-53-48(66)45(63)50(40(34-57)70-53)71-52-46(64)43(61)42(60)38(32-55)68-52/h5,7,11,13,16-17,28,30,36-40,42-53,55-58,60-66H,3-4,6,8-10,12,14-15,18-27,29,31-35H2,1-2H3,(H,54,59)/b7-5-,13-11-,17-16-,30-28+. The molecule has 3 saturated heterocycles. The first-order valence-electron chi connectivity index (χ1n) is 26.9. The summed E-state index contributed by atoms with van der Waals surface area (Å²) in [5, 5.41) is 120. The number of allylic oxidation sites excluding steroid dienone is 7. The normalized spacial score (nSPS) is 32.4. The summed E-state index contributed by atoms with van der Waals surface area (Å²) in [7, 11) is 0. The molecule has 19 nitrogen and oxygen atoms in total. The summed E-state index contributed by atoms with van der Waals surface area (Å²) in [5.74, 6) is -0.291. The van der Waals surface area contributed by atoms with Crippen LogP contribution in [-0.2, 0) is 33.2 Å². The zero-order chi connectivity index (χ0) is 52.7. The summed E-state index contributed by atoms with van der Waals surface area (Å²) in [6.07, 6.45) is 11.1. The van der Waals surface area contributed by atoms with Crippen LogP contribution in [0.5, 0.6) is 0 Å². The van der Waals surface area contributed by atoms with Crippen molar-refractivity contribution in [2.24, 2.45) is 0 Å². The second-order valence-corrected chi connectivity index (χ2v) is 19.3. The van der Waals surface area contributed by atoms with Gasteiger partial charge in [-0.1, -0.05) is 140 Å². The number of hydrogen-bond donors (Lipinski definition) is 12. The molecule has 3 rings (SSSR count). The van der Waals surface area contributed by atoms with Crippen molar-refractivity contribution in [3.63, 3.8) is 0 Å². The lowest BCUT2D eigenvalue weighted by Crippen LogP contribution is -2.66. The Kier molecular flexibility index (Phi) is 33.3. The van der Waals surface area contributed by atoms with Crippen molar-refractivity contribution in [1.29, 1.82) is 0 Å². The molecule has 418 valence electrons. The van der Waals surface area contributed by atoms with Crippen LogP contribution < -0.4 is 5.32 Å². The summed E-state index contributed by atoms with van der Waals surface area (Å²) in [5.41, 5.74) is 0. The topological polar surface area (TPSA) is 307 Å². The number of ether oxygens (including phenoxy) is 6. The molecule has 3 aliphatic heterocycles. The van der Waals surface area contributed by atoms with Crippen LogP contribution in [0.25, 0.3) is 0 Å². The van der Waals surface area contributed by atoms with Crippen LogP contribution in [0, 0.1) is 0 Å². The number of carbonyl (C=O) groups is 1. The van der Waals surface area contributed by atoms with Gasteiger partial charge in [0.25, 0.3) is 0 Å². The van der Waals surface area contributed by atoms with Crippen molar-refractivity contribution < 1.29 is 89.4 Å². The average Bonchev–Trinajstić information content (AvgIpc) is 3.37. The lowest BCUT2D eigenvalue weighted by Gasteiger charge is -2.48. The van der Waals surface area contributed by atoms with E-state index in [1.54, 1.807) is 6.08 Å². The molecule has 0 aromatic heterocycles. The second kappa shape index (κ2) is 37.5. The average molecular weight is 1030 g/mol. The van der Waals surface area contributed by atoms with Crippen LogP contribution in [0.3, 0.4) is 0 Å². The Labute approximate surface area is 427 Å². The van der Waals surface area contributed by atoms with Gasteiger partial charge in [0, 0.05) is 6.42 Å². The Hall–Kier alpha value is -2.25. The predicted octanol–water partition coefficient (Wildman–Crippen LogP) is 2.75. The van der Waals surface area contributed by atoms with E-state index in [1.807, 2.05) is 6.08 Å². The highest BCUT2D eigenvalue weighted by Gasteiger charge is 2.53. The van der Waals surface area contributed by atoms with Crippen molar-refractivity contribution in [2.45, 2.75) is 253 Å². The van der Waals surface area contributed by atoms with Gasteiger partial charge in [-0.3, -0.25) is 4.79 Å². The molecule has 19 heteroatoms. The van der Waals surface area contributed by atoms with E-state index >= 15 is 0 Å². The van der Waals surface area contributed by atoms with Gasteiger partial charge in [0.2, 0.25) is 5.91 Å². The molecular weight excluding hydrogens is 939 g/mol. The number of hydrogen-bond acceptors (Lipinski definition) is 18. The van der Waals surface area contributed by atoms with E-state index < -0.39 is 124 Å². The molecule has 0 saturated carbocycles. The number of carbonyl (C=O) groups excluding carboxylic acids is 1. The van der Waals surface area contributed by atoms with E-state index in [4.69, 9.17) is 28.4 Å². The van der Waals surface area contributed by atoms with E-state index in [-0.39, 0.29) is 18.9 Å². The summed E-state index contributed by atoms with van der Waals surface area (Å²) >= 11 is 0. The van der Waals surface area contributed by atoms with E-state index in [9.17, 15) is 61.0 Å². The van der Waals surface area contributed by atoms with Crippen molar-refractivity contribution in [1.82, 2.24) is 5.32 Å². The molecular formula is C53H93NO18. The highest BCUT2D eigenvalue weighted by molar-refractivity contribution is 5.76. The van der Waals surface area contributed by atoms with Crippen LogP contribution in [0.1, 0.15) is 149 Å². The lowest BCUT2D eigenvalue weighted by molar-refractivity contribution is -0.379. The Morgan fingerprint density at radius 3 is 1.50 bits per heavy atom. The van der Waals surface area contributed by atoms with Crippen molar-refractivity contribution in [3.8, 4) is 0 Å². The highest BCUT2D eigenvalue weighted by Crippen LogP contribution is 2.33. The number of aliphatic hydroxyl groups excluding tert-OH is 11. The highest BCUT2D eigenvalue weighted by atomic mass is 16.8. The minimum absolute atomic E-state index is 0.230. The van der Waals surface area contributed by atoms with Gasteiger partial charge in [-0.15, -0.1) is 0 Å². The Morgan fingerprint density at radius 1 is 0.514 bits per heavy atom.